The van der Waals surface area contributed by atoms with E-state index < -0.39 is 0 Å². The highest BCUT2D eigenvalue weighted by molar-refractivity contribution is 4.86. The predicted octanol–water partition coefficient (Wildman–Crippen LogP) is 1.33. The molecule has 0 spiro atoms. The zero-order chi connectivity index (χ0) is 10.2. The summed E-state index contributed by atoms with van der Waals surface area (Å²) in [5.41, 5.74) is 0. The summed E-state index contributed by atoms with van der Waals surface area (Å²) >= 11 is 0. The van der Waals surface area contributed by atoms with Gasteiger partial charge in [-0.1, -0.05) is 12.8 Å². The second kappa shape index (κ2) is 6.86. The Morgan fingerprint density at radius 1 is 1.43 bits per heavy atom. The minimum Gasteiger partial charge on any atom is -0.306 e. The van der Waals surface area contributed by atoms with Gasteiger partial charge < -0.3 is 10.2 Å². The molecule has 1 aliphatic heterocycles. The quantitative estimate of drug-likeness (QED) is 0.525. The van der Waals surface area contributed by atoms with Crippen LogP contribution in [0.4, 0.5) is 0 Å². The van der Waals surface area contributed by atoms with Crippen LogP contribution in [0.15, 0.2) is 0 Å². The zero-order valence-corrected chi connectivity index (χ0v) is 9.26. The Morgan fingerprint density at radius 2 is 2.14 bits per heavy atom. The number of likely N-dealkylation sites (tertiary alicyclic amines) is 1. The fraction of sp³-hybridized carbons (Fsp3) is 0.833. The largest absolute Gasteiger partial charge is 0.306 e. The molecule has 2 nitrogen and oxygen atoms in total. The summed E-state index contributed by atoms with van der Waals surface area (Å²) in [6.45, 7) is 7.91. The second-order valence-corrected chi connectivity index (χ2v) is 4.26. The van der Waals surface area contributed by atoms with Crippen LogP contribution in [0.5, 0.6) is 0 Å². The van der Waals surface area contributed by atoms with Crippen molar-refractivity contribution in [1.29, 1.82) is 0 Å². The van der Waals surface area contributed by atoms with E-state index in [0.29, 0.717) is 6.54 Å². The Labute approximate surface area is 88.1 Å². The lowest BCUT2D eigenvalue weighted by Gasteiger charge is -2.30. The van der Waals surface area contributed by atoms with Crippen LogP contribution in [0.2, 0.25) is 0 Å². The smallest absolute Gasteiger partial charge is 0.0573 e. The van der Waals surface area contributed by atoms with Crippen molar-refractivity contribution in [2.45, 2.75) is 26.2 Å². The van der Waals surface area contributed by atoms with Gasteiger partial charge in [-0.25, -0.2) is 0 Å². The zero-order valence-electron chi connectivity index (χ0n) is 9.26. The average Bonchev–Trinajstić information content (AvgIpc) is 2.21. The van der Waals surface area contributed by atoms with Crippen LogP contribution in [0, 0.1) is 18.3 Å². The molecule has 1 fully saturated rings. The summed E-state index contributed by atoms with van der Waals surface area (Å²) in [5, 5.41) is 3.22. The number of piperidine rings is 1. The van der Waals surface area contributed by atoms with E-state index in [-0.39, 0.29) is 0 Å². The molecular weight excluding hydrogens is 172 g/mol. The molecule has 0 saturated carbocycles. The number of hydrogen-bond acceptors (Lipinski definition) is 2. The highest BCUT2D eigenvalue weighted by atomic mass is 15.1. The third kappa shape index (κ3) is 4.64. The Kier molecular flexibility index (Phi) is 5.66. The van der Waals surface area contributed by atoms with E-state index in [1.807, 2.05) is 0 Å². The highest BCUT2D eigenvalue weighted by Gasteiger charge is 2.14. The second-order valence-electron chi connectivity index (χ2n) is 4.26. The molecule has 0 aromatic rings. The standard InChI is InChI=1S/C12H22N2/c1-3-7-13-8-4-9-14-10-5-12(2)6-11-14/h1,12-13H,4-11H2,2H3. The normalized spacial score (nSPS) is 19.4. The van der Waals surface area contributed by atoms with Crippen molar-refractivity contribution >= 4 is 0 Å². The lowest BCUT2D eigenvalue weighted by Crippen LogP contribution is -2.34. The van der Waals surface area contributed by atoms with E-state index in [0.717, 1.165) is 12.5 Å². The summed E-state index contributed by atoms with van der Waals surface area (Å²) in [6.07, 6.45) is 9.11. The molecule has 0 amide bonds. The van der Waals surface area contributed by atoms with E-state index in [9.17, 15) is 0 Å². The first-order valence-corrected chi connectivity index (χ1v) is 5.69. The van der Waals surface area contributed by atoms with Gasteiger partial charge in [-0.2, -0.15) is 0 Å². The SMILES string of the molecule is C#CCNCCCN1CCC(C)CC1. The number of nitrogens with one attached hydrogen (secondary N) is 1. The maximum absolute atomic E-state index is 5.15. The van der Waals surface area contributed by atoms with E-state index in [1.165, 1.54) is 38.9 Å². The highest BCUT2D eigenvalue weighted by Crippen LogP contribution is 2.15. The number of terminal acetylenes is 1. The van der Waals surface area contributed by atoms with Crippen molar-refractivity contribution in [3.05, 3.63) is 0 Å². The topological polar surface area (TPSA) is 15.3 Å². The van der Waals surface area contributed by atoms with Crippen LogP contribution in [-0.2, 0) is 0 Å². The van der Waals surface area contributed by atoms with Gasteiger partial charge in [0.25, 0.3) is 0 Å². The van der Waals surface area contributed by atoms with Gasteiger partial charge in [0.05, 0.1) is 6.54 Å². The molecule has 14 heavy (non-hydrogen) atoms. The van der Waals surface area contributed by atoms with E-state index >= 15 is 0 Å². The minimum absolute atomic E-state index is 0.705. The molecule has 0 aromatic heterocycles. The summed E-state index contributed by atoms with van der Waals surface area (Å²) in [4.78, 5) is 2.57. The Bertz CT molecular complexity index is 175. The van der Waals surface area contributed by atoms with Crippen molar-refractivity contribution in [2.24, 2.45) is 5.92 Å². The van der Waals surface area contributed by atoms with Crippen LogP contribution >= 0.6 is 0 Å². The van der Waals surface area contributed by atoms with Crippen molar-refractivity contribution in [3.63, 3.8) is 0 Å². The first kappa shape index (κ1) is 11.6. The Morgan fingerprint density at radius 3 is 2.79 bits per heavy atom. The molecule has 1 saturated heterocycles. The van der Waals surface area contributed by atoms with Gasteiger partial charge in [-0.05, 0) is 51.4 Å². The maximum atomic E-state index is 5.15. The lowest BCUT2D eigenvalue weighted by atomic mass is 9.99. The van der Waals surface area contributed by atoms with Gasteiger partial charge in [0.1, 0.15) is 0 Å². The van der Waals surface area contributed by atoms with Crippen LogP contribution in [0.3, 0.4) is 0 Å². The molecule has 1 N–H and O–H groups in total. The fourth-order valence-electron chi connectivity index (χ4n) is 1.87. The third-order valence-corrected chi connectivity index (χ3v) is 2.93. The van der Waals surface area contributed by atoms with Gasteiger partial charge >= 0.3 is 0 Å². The third-order valence-electron chi connectivity index (χ3n) is 2.93. The Balaban J connectivity index is 1.94. The molecule has 1 rings (SSSR count). The fourth-order valence-corrected chi connectivity index (χ4v) is 1.87. The molecule has 0 radical (unpaired) electrons. The molecule has 0 unspecified atom stereocenters. The number of nitrogens with zero attached hydrogens (tertiary/aromatic N) is 1. The molecule has 0 atom stereocenters. The molecular formula is C12H22N2. The van der Waals surface area contributed by atoms with Gasteiger partial charge in [0.15, 0.2) is 0 Å². The molecule has 0 aromatic carbocycles. The van der Waals surface area contributed by atoms with Crippen molar-refractivity contribution in [2.75, 3.05) is 32.7 Å². The number of rotatable bonds is 5. The Hall–Kier alpha value is -0.520. The first-order chi connectivity index (χ1) is 6.83. The molecule has 1 aliphatic rings. The van der Waals surface area contributed by atoms with Gasteiger partial charge in [0.2, 0.25) is 0 Å². The van der Waals surface area contributed by atoms with Crippen LogP contribution < -0.4 is 5.32 Å². The summed E-state index contributed by atoms with van der Waals surface area (Å²) in [7, 11) is 0. The van der Waals surface area contributed by atoms with Crippen molar-refractivity contribution < 1.29 is 0 Å². The summed E-state index contributed by atoms with van der Waals surface area (Å²) in [5.74, 6) is 3.52. The predicted molar refractivity (Wildman–Crippen MR) is 61.2 cm³/mol. The van der Waals surface area contributed by atoms with E-state index in [4.69, 9.17) is 6.42 Å². The molecule has 1 heterocycles. The maximum Gasteiger partial charge on any atom is 0.0573 e. The average molecular weight is 194 g/mol. The van der Waals surface area contributed by atoms with Gasteiger partial charge in [-0.3, -0.25) is 0 Å². The van der Waals surface area contributed by atoms with E-state index in [2.05, 4.69) is 23.1 Å². The summed E-state index contributed by atoms with van der Waals surface area (Å²) in [6, 6.07) is 0. The van der Waals surface area contributed by atoms with Gasteiger partial charge in [0, 0.05) is 0 Å². The lowest BCUT2D eigenvalue weighted by molar-refractivity contribution is 0.190. The van der Waals surface area contributed by atoms with E-state index in [1.54, 1.807) is 0 Å². The minimum atomic E-state index is 0.705. The monoisotopic (exact) mass is 194 g/mol. The van der Waals surface area contributed by atoms with Crippen LogP contribution in [0.25, 0.3) is 0 Å². The van der Waals surface area contributed by atoms with Crippen LogP contribution in [-0.4, -0.2) is 37.6 Å². The molecule has 80 valence electrons. The molecule has 2 heteroatoms. The molecule has 0 bridgehead atoms. The van der Waals surface area contributed by atoms with Crippen LogP contribution in [0.1, 0.15) is 26.2 Å². The molecule has 0 aliphatic carbocycles. The summed E-state index contributed by atoms with van der Waals surface area (Å²) < 4.78 is 0. The first-order valence-electron chi connectivity index (χ1n) is 5.69. The number of hydrogen-bond donors (Lipinski definition) is 1. The van der Waals surface area contributed by atoms with Crippen molar-refractivity contribution in [1.82, 2.24) is 10.2 Å². The van der Waals surface area contributed by atoms with Gasteiger partial charge in [-0.15, -0.1) is 6.42 Å². The van der Waals surface area contributed by atoms with Crippen molar-refractivity contribution in [3.8, 4) is 12.3 Å².